The maximum atomic E-state index is 12.3. The van der Waals surface area contributed by atoms with Crippen LogP contribution in [-0.4, -0.2) is 34.7 Å². The van der Waals surface area contributed by atoms with Crippen molar-refractivity contribution in [3.63, 3.8) is 0 Å². The van der Waals surface area contributed by atoms with E-state index in [1.165, 1.54) is 0 Å². The number of pyridine rings is 1. The topological polar surface area (TPSA) is 77.7 Å². The van der Waals surface area contributed by atoms with Gasteiger partial charge in [-0.05, 0) is 38.8 Å². The predicted octanol–water partition coefficient (Wildman–Crippen LogP) is 3.36. The molecule has 0 radical (unpaired) electrons. The largest absolute Gasteiger partial charge is 0.444 e. The highest BCUT2D eigenvalue weighted by Gasteiger charge is 2.49. The Morgan fingerprint density at radius 3 is 2.71 bits per heavy atom. The third kappa shape index (κ3) is 3.34. The number of fused-ring (bicyclic) bond motifs is 2. The number of ether oxygens (including phenoxy) is 2. The van der Waals surface area contributed by atoms with Crippen LogP contribution in [0.2, 0.25) is 0 Å². The van der Waals surface area contributed by atoms with Crippen LogP contribution in [0.4, 0.5) is 10.6 Å². The average Bonchev–Trinajstić information content (AvgIpc) is 3.10. The van der Waals surface area contributed by atoms with Gasteiger partial charge in [0.25, 0.3) is 0 Å². The summed E-state index contributed by atoms with van der Waals surface area (Å²) in [5.41, 5.74) is 8.12. The summed E-state index contributed by atoms with van der Waals surface area (Å²) in [6.07, 6.45) is 2.24. The summed E-state index contributed by atoms with van der Waals surface area (Å²) < 4.78 is 11.5. The summed E-state index contributed by atoms with van der Waals surface area (Å²) in [4.78, 5) is 18.2. The lowest BCUT2D eigenvalue weighted by molar-refractivity contribution is -0.0330. The molecule has 1 amide bonds. The van der Waals surface area contributed by atoms with E-state index in [-0.39, 0.29) is 6.09 Å². The number of hydrogen-bond donors (Lipinski definition) is 1. The van der Waals surface area contributed by atoms with Gasteiger partial charge in [-0.3, -0.25) is 0 Å². The van der Waals surface area contributed by atoms with Gasteiger partial charge in [0, 0.05) is 24.7 Å². The monoisotopic (exact) mass is 335 g/mol. The minimum absolute atomic E-state index is 0.291. The number of likely N-dealkylation sites (tertiary alicyclic amines) is 1. The number of anilines is 1. The Labute approximate surface area is 144 Å². The van der Waals surface area contributed by atoms with E-state index >= 15 is 0 Å². The maximum absolute atomic E-state index is 12.3. The van der Waals surface area contributed by atoms with Gasteiger partial charge in [0.1, 0.15) is 17.0 Å². The van der Waals surface area contributed by atoms with E-state index in [0.29, 0.717) is 25.5 Å². The van der Waals surface area contributed by atoms with Crippen LogP contribution in [0.3, 0.4) is 0 Å². The number of aromatic nitrogens is 1. The summed E-state index contributed by atoms with van der Waals surface area (Å²) in [6.45, 7) is 13.2. The molecule has 0 bridgehead atoms. The lowest BCUT2D eigenvalue weighted by Crippen LogP contribution is -2.38. The standard InChI is InChI=1S/C16H23N3O3.C2H6/c1-10-12-11(7-18-13(10)17)8-21-16(12)5-6-19(9-16)14(20)22-15(2,3)4;1-2/h7H,5-6,8-9H2,1-4H3,(H2,17,18);1-2H3. The van der Waals surface area contributed by atoms with Crippen LogP contribution in [0.5, 0.6) is 0 Å². The summed E-state index contributed by atoms with van der Waals surface area (Å²) in [5, 5.41) is 0. The highest BCUT2D eigenvalue weighted by Crippen LogP contribution is 2.45. The number of carbonyl (C=O) groups excluding carboxylic acids is 1. The molecule has 1 unspecified atom stereocenters. The van der Waals surface area contributed by atoms with E-state index < -0.39 is 11.2 Å². The summed E-state index contributed by atoms with van der Waals surface area (Å²) in [7, 11) is 0. The van der Waals surface area contributed by atoms with Crippen molar-refractivity contribution < 1.29 is 14.3 Å². The molecule has 1 aromatic rings. The zero-order valence-corrected chi connectivity index (χ0v) is 15.6. The van der Waals surface area contributed by atoms with E-state index in [1.54, 1.807) is 11.1 Å². The molecule has 0 aromatic carbocycles. The van der Waals surface area contributed by atoms with E-state index in [9.17, 15) is 4.79 Å². The van der Waals surface area contributed by atoms with Crippen molar-refractivity contribution in [1.29, 1.82) is 0 Å². The average molecular weight is 335 g/mol. The number of rotatable bonds is 0. The van der Waals surface area contributed by atoms with Gasteiger partial charge in [-0.1, -0.05) is 13.8 Å². The first-order valence-electron chi connectivity index (χ1n) is 8.58. The van der Waals surface area contributed by atoms with Crippen molar-refractivity contribution in [2.45, 2.75) is 65.8 Å². The molecule has 6 heteroatoms. The van der Waals surface area contributed by atoms with Crippen molar-refractivity contribution >= 4 is 11.9 Å². The van der Waals surface area contributed by atoms with Gasteiger partial charge in [0.05, 0.1) is 13.2 Å². The predicted molar refractivity (Wildman–Crippen MR) is 93.6 cm³/mol. The van der Waals surface area contributed by atoms with E-state index in [2.05, 4.69) is 4.98 Å². The first-order valence-corrected chi connectivity index (χ1v) is 8.58. The van der Waals surface area contributed by atoms with Crippen LogP contribution >= 0.6 is 0 Å². The minimum atomic E-state index is -0.495. The molecule has 2 aliphatic rings. The van der Waals surface area contributed by atoms with Crippen molar-refractivity contribution in [3.05, 3.63) is 22.9 Å². The second-order valence-corrected chi connectivity index (χ2v) is 7.10. The SMILES string of the molecule is CC.Cc1c(N)ncc2c1C1(CCN(C(=O)OC(C)(C)C)C1)OC2. The lowest BCUT2D eigenvalue weighted by atomic mass is 9.89. The molecular weight excluding hydrogens is 306 g/mol. The Hall–Kier alpha value is -1.82. The fraction of sp³-hybridized carbons (Fsp3) is 0.667. The van der Waals surface area contributed by atoms with Crippen molar-refractivity contribution in [2.75, 3.05) is 18.8 Å². The molecule has 1 aromatic heterocycles. The Kier molecular flexibility index (Phi) is 5.08. The van der Waals surface area contributed by atoms with Gasteiger partial charge in [-0.2, -0.15) is 0 Å². The highest BCUT2D eigenvalue weighted by molar-refractivity contribution is 5.69. The molecule has 2 aliphatic heterocycles. The molecule has 6 nitrogen and oxygen atoms in total. The van der Waals surface area contributed by atoms with Gasteiger partial charge in [0.2, 0.25) is 0 Å². The van der Waals surface area contributed by atoms with Gasteiger partial charge >= 0.3 is 6.09 Å². The second-order valence-electron chi connectivity index (χ2n) is 7.10. The van der Waals surface area contributed by atoms with Crippen LogP contribution < -0.4 is 5.73 Å². The van der Waals surface area contributed by atoms with E-state index in [1.807, 2.05) is 41.5 Å². The van der Waals surface area contributed by atoms with Crippen LogP contribution in [0, 0.1) is 6.92 Å². The Morgan fingerprint density at radius 1 is 1.42 bits per heavy atom. The summed E-state index contributed by atoms with van der Waals surface area (Å²) >= 11 is 0. The van der Waals surface area contributed by atoms with Crippen LogP contribution in [0.15, 0.2) is 6.20 Å². The van der Waals surface area contributed by atoms with Crippen LogP contribution in [0.25, 0.3) is 0 Å². The number of hydrogen-bond acceptors (Lipinski definition) is 5. The molecule has 3 heterocycles. The number of nitrogens with two attached hydrogens (primary N) is 1. The lowest BCUT2D eigenvalue weighted by Gasteiger charge is -2.28. The molecule has 0 saturated carbocycles. The van der Waals surface area contributed by atoms with Crippen molar-refractivity contribution in [3.8, 4) is 0 Å². The second kappa shape index (κ2) is 6.59. The zero-order chi connectivity index (χ0) is 18.1. The zero-order valence-electron chi connectivity index (χ0n) is 15.6. The molecule has 134 valence electrons. The Bertz CT molecular complexity index is 625. The van der Waals surface area contributed by atoms with E-state index in [4.69, 9.17) is 15.2 Å². The normalized spacial score (nSPS) is 22.2. The van der Waals surface area contributed by atoms with Gasteiger partial charge in [-0.15, -0.1) is 0 Å². The van der Waals surface area contributed by atoms with Gasteiger partial charge in [0.15, 0.2) is 0 Å². The number of nitrogen functional groups attached to an aromatic ring is 1. The van der Waals surface area contributed by atoms with Crippen LogP contribution in [0.1, 0.15) is 57.7 Å². The molecule has 24 heavy (non-hydrogen) atoms. The molecule has 3 rings (SSSR count). The molecule has 0 aliphatic carbocycles. The highest BCUT2D eigenvalue weighted by atomic mass is 16.6. The Balaban J connectivity index is 0.00000100. The van der Waals surface area contributed by atoms with Gasteiger partial charge < -0.3 is 20.1 Å². The van der Waals surface area contributed by atoms with Crippen molar-refractivity contribution in [1.82, 2.24) is 9.88 Å². The fourth-order valence-corrected chi connectivity index (χ4v) is 3.30. The Morgan fingerprint density at radius 2 is 2.08 bits per heavy atom. The molecule has 2 N–H and O–H groups in total. The number of amides is 1. The van der Waals surface area contributed by atoms with Gasteiger partial charge in [-0.25, -0.2) is 9.78 Å². The quantitative estimate of drug-likeness (QED) is 0.786. The minimum Gasteiger partial charge on any atom is -0.444 e. The summed E-state index contributed by atoms with van der Waals surface area (Å²) in [6, 6.07) is 0. The molecule has 1 atom stereocenters. The molecule has 1 fully saturated rings. The smallest absolute Gasteiger partial charge is 0.410 e. The van der Waals surface area contributed by atoms with E-state index in [0.717, 1.165) is 23.1 Å². The molecule has 1 saturated heterocycles. The molecular formula is C18H29N3O3. The molecule has 1 spiro atoms. The third-order valence-electron chi connectivity index (χ3n) is 4.28. The fourth-order valence-electron chi connectivity index (χ4n) is 3.30. The first kappa shape index (κ1) is 18.5. The van der Waals surface area contributed by atoms with Crippen molar-refractivity contribution in [2.24, 2.45) is 0 Å². The third-order valence-corrected chi connectivity index (χ3v) is 4.28. The van der Waals surface area contributed by atoms with Crippen LogP contribution in [-0.2, 0) is 21.7 Å². The summed E-state index contributed by atoms with van der Waals surface area (Å²) in [5.74, 6) is 0.527. The first-order chi connectivity index (χ1) is 11.2. The number of nitrogens with zero attached hydrogens (tertiary/aromatic N) is 2. The number of carbonyl (C=O) groups is 1. The maximum Gasteiger partial charge on any atom is 0.410 e.